The predicted octanol–water partition coefficient (Wildman–Crippen LogP) is 1.27. The summed E-state index contributed by atoms with van der Waals surface area (Å²) in [5.74, 6) is 0.601. The van der Waals surface area contributed by atoms with Crippen LogP contribution in [0.1, 0.15) is 13.8 Å². The van der Waals surface area contributed by atoms with Gasteiger partial charge in [0.15, 0.2) is 12.2 Å². The summed E-state index contributed by atoms with van der Waals surface area (Å²) in [6, 6.07) is 9.79. The number of piperazine rings is 1. The van der Waals surface area contributed by atoms with E-state index >= 15 is 0 Å². The van der Waals surface area contributed by atoms with Crippen LogP contribution in [0.15, 0.2) is 46.7 Å². The summed E-state index contributed by atoms with van der Waals surface area (Å²) in [7, 11) is 3.27. The van der Waals surface area contributed by atoms with Crippen LogP contribution in [0.25, 0.3) is 0 Å². The number of aliphatic imine (C=N–C) groups is 1. The summed E-state index contributed by atoms with van der Waals surface area (Å²) < 4.78 is 0. The molecule has 4 heterocycles. The maximum Gasteiger partial charge on any atom is 0.328 e. The lowest BCUT2D eigenvalue weighted by molar-refractivity contribution is -0.135. The summed E-state index contributed by atoms with van der Waals surface area (Å²) in [4.78, 5) is 42.1. The van der Waals surface area contributed by atoms with Gasteiger partial charge in [0, 0.05) is 70.4 Å². The molecule has 0 radical (unpaired) electrons. The van der Waals surface area contributed by atoms with Crippen molar-refractivity contribution in [3.05, 3.63) is 41.7 Å². The number of imide groups is 1. The standard InChI is InChI=1S/C23H31N7O2/c1-16-17(2)30-19-20(25(3)23(32)26(4)21(19)31)24-22(30)29(16)15-12-27-10-13-28(14-11-27)18-8-6-5-7-9-18/h5-9,19-20H,10-15H2,1-4H3. The number of urea groups is 1. The molecule has 0 bridgehead atoms. The minimum Gasteiger partial charge on any atom is -0.369 e. The molecule has 4 aliphatic heterocycles. The normalized spacial score (nSPS) is 26.2. The summed E-state index contributed by atoms with van der Waals surface area (Å²) in [5, 5.41) is 0. The zero-order valence-electron chi connectivity index (χ0n) is 19.2. The summed E-state index contributed by atoms with van der Waals surface area (Å²) in [5.41, 5.74) is 3.45. The Labute approximate surface area is 189 Å². The van der Waals surface area contributed by atoms with Crippen LogP contribution in [0.3, 0.4) is 0 Å². The lowest BCUT2D eigenvalue weighted by Crippen LogP contribution is -2.63. The van der Waals surface area contributed by atoms with Gasteiger partial charge in [-0.05, 0) is 26.0 Å². The molecule has 0 saturated carbocycles. The third-order valence-electron chi connectivity index (χ3n) is 7.26. The fourth-order valence-electron chi connectivity index (χ4n) is 5.14. The van der Waals surface area contributed by atoms with Gasteiger partial charge >= 0.3 is 6.03 Å². The molecule has 9 nitrogen and oxygen atoms in total. The number of hydrogen-bond acceptors (Lipinski definition) is 7. The number of para-hydroxylation sites is 1. The van der Waals surface area contributed by atoms with Gasteiger partial charge < -0.3 is 14.7 Å². The number of guanidine groups is 1. The number of benzene rings is 1. The Kier molecular flexibility index (Phi) is 5.08. The number of likely N-dealkylation sites (N-methyl/N-ethyl adjacent to an activating group) is 2. The fraction of sp³-hybridized carbons (Fsp3) is 0.522. The second kappa shape index (κ2) is 7.81. The zero-order chi connectivity index (χ0) is 22.6. The number of nitrogens with zero attached hydrogens (tertiary/aromatic N) is 7. The largest absolute Gasteiger partial charge is 0.369 e. The molecule has 0 aromatic heterocycles. The molecule has 0 N–H and O–H groups in total. The van der Waals surface area contributed by atoms with E-state index in [0.29, 0.717) is 0 Å². The average Bonchev–Trinajstić information content (AvgIpc) is 3.31. The number of carbonyl (C=O) groups excluding carboxylic acids is 2. The van der Waals surface area contributed by atoms with Crippen molar-refractivity contribution in [3.63, 3.8) is 0 Å². The van der Waals surface area contributed by atoms with Crippen molar-refractivity contribution in [1.82, 2.24) is 24.5 Å². The minimum atomic E-state index is -0.480. The lowest BCUT2D eigenvalue weighted by atomic mass is 10.1. The van der Waals surface area contributed by atoms with Crippen LogP contribution >= 0.6 is 0 Å². The Hall–Kier alpha value is -3.07. The molecule has 1 aromatic carbocycles. The van der Waals surface area contributed by atoms with Gasteiger partial charge in [-0.15, -0.1) is 0 Å². The number of carbonyl (C=O) groups is 2. The van der Waals surface area contributed by atoms with Gasteiger partial charge in [-0.3, -0.25) is 19.5 Å². The molecule has 0 spiro atoms. The Morgan fingerprint density at radius 2 is 1.62 bits per heavy atom. The lowest BCUT2D eigenvalue weighted by Gasteiger charge is -2.39. The molecule has 2 saturated heterocycles. The second-order valence-electron chi connectivity index (χ2n) is 8.93. The van der Waals surface area contributed by atoms with Crippen LogP contribution in [0.5, 0.6) is 0 Å². The van der Waals surface area contributed by atoms with Gasteiger partial charge in [0.2, 0.25) is 5.96 Å². The maximum atomic E-state index is 12.9. The van der Waals surface area contributed by atoms with E-state index in [1.807, 2.05) is 11.8 Å². The first-order valence-corrected chi connectivity index (χ1v) is 11.3. The molecule has 4 aliphatic rings. The van der Waals surface area contributed by atoms with Crippen molar-refractivity contribution < 1.29 is 9.59 Å². The highest BCUT2D eigenvalue weighted by Crippen LogP contribution is 2.37. The molecular formula is C23H31N7O2. The van der Waals surface area contributed by atoms with Crippen LogP contribution in [-0.2, 0) is 4.79 Å². The van der Waals surface area contributed by atoms with Gasteiger partial charge in [-0.2, -0.15) is 0 Å². The number of amides is 3. The molecule has 2 atom stereocenters. The highest BCUT2D eigenvalue weighted by Gasteiger charge is 2.54. The van der Waals surface area contributed by atoms with Gasteiger partial charge in [0.25, 0.3) is 5.91 Å². The molecular weight excluding hydrogens is 406 g/mol. The van der Waals surface area contributed by atoms with E-state index in [2.05, 4.69) is 52.0 Å². The van der Waals surface area contributed by atoms with E-state index in [0.717, 1.165) is 56.6 Å². The van der Waals surface area contributed by atoms with E-state index < -0.39 is 12.2 Å². The van der Waals surface area contributed by atoms with Crippen molar-refractivity contribution in [2.45, 2.75) is 26.1 Å². The molecule has 2 fully saturated rings. The Morgan fingerprint density at radius 1 is 0.938 bits per heavy atom. The monoisotopic (exact) mass is 437 g/mol. The fourth-order valence-corrected chi connectivity index (χ4v) is 5.14. The number of allylic oxidation sites excluding steroid dienone is 2. The summed E-state index contributed by atoms with van der Waals surface area (Å²) in [6.45, 7) is 9.94. The SMILES string of the molecule is CC1=C(C)N2C(=NC3C2C(=O)N(C)C(=O)N3C)N1CCN1CCN(c2ccccc2)CC1. The minimum absolute atomic E-state index is 0.192. The summed E-state index contributed by atoms with van der Waals surface area (Å²) in [6.07, 6.45) is -0.471. The van der Waals surface area contributed by atoms with Crippen molar-refractivity contribution in [2.75, 3.05) is 58.3 Å². The molecule has 1 aromatic rings. The Morgan fingerprint density at radius 3 is 2.31 bits per heavy atom. The third-order valence-corrected chi connectivity index (χ3v) is 7.26. The van der Waals surface area contributed by atoms with Crippen LogP contribution in [0.4, 0.5) is 10.5 Å². The molecule has 2 unspecified atom stereocenters. The Bertz CT molecular complexity index is 983. The van der Waals surface area contributed by atoms with Gasteiger partial charge in [-0.25, -0.2) is 9.79 Å². The van der Waals surface area contributed by atoms with Crippen LogP contribution in [0, 0.1) is 0 Å². The third kappa shape index (κ3) is 3.14. The smallest absolute Gasteiger partial charge is 0.328 e. The van der Waals surface area contributed by atoms with E-state index in [9.17, 15) is 9.59 Å². The molecule has 3 amide bonds. The number of hydrogen-bond donors (Lipinski definition) is 0. The summed E-state index contributed by atoms with van der Waals surface area (Å²) >= 11 is 0. The van der Waals surface area contributed by atoms with E-state index in [1.54, 1.807) is 19.0 Å². The average molecular weight is 438 g/mol. The van der Waals surface area contributed by atoms with Gasteiger partial charge in [0.1, 0.15) is 0 Å². The molecule has 170 valence electrons. The van der Waals surface area contributed by atoms with E-state index in [-0.39, 0.29) is 11.9 Å². The molecule has 32 heavy (non-hydrogen) atoms. The van der Waals surface area contributed by atoms with Gasteiger partial charge in [-0.1, -0.05) is 18.2 Å². The van der Waals surface area contributed by atoms with Crippen LogP contribution < -0.4 is 4.90 Å². The predicted molar refractivity (Wildman–Crippen MR) is 123 cm³/mol. The van der Waals surface area contributed by atoms with Crippen LogP contribution in [-0.4, -0.2) is 108 Å². The highest BCUT2D eigenvalue weighted by atomic mass is 16.2. The van der Waals surface area contributed by atoms with Crippen molar-refractivity contribution in [1.29, 1.82) is 0 Å². The van der Waals surface area contributed by atoms with Crippen LogP contribution in [0.2, 0.25) is 0 Å². The van der Waals surface area contributed by atoms with Crippen molar-refractivity contribution in [3.8, 4) is 0 Å². The molecule has 9 heteroatoms. The maximum absolute atomic E-state index is 12.9. The first-order chi connectivity index (χ1) is 15.4. The number of fused-ring (bicyclic) bond motifs is 3. The first-order valence-electron chi connectivity index (χ1n) is 11.3. The number of anilines is 1. The molecule has 5 rings (SSSR count). The Balaban J connectivity index is 1.26. The second-order valence-corrected chi connectivity index (χ2v) is 8.93. The molecule has 0 aliphatic carbocycles. The van der Waals surface area contributed by atoms with E-state index in [4.69, 9.17) is 4.99 Å². The van der Waals surface area contributed by atoms with Crippen molar-refractivity contribution in [2.24, 2.45) is 4.99 Å². The van der Waals surface area contributed by atoms with E-state index in [1.165, 1.54) is 10.6 Å². The van der Waals surface area contributed by atoms with Gasteiger partial charge in [0.05, 0.1) is 0 Å². The van der Waals surface area contributed by atoms with Crippen molar-refractivity contribution >= 4 is 23.6 Å². The quantitative estimate of drug-likeness (QED) is 0.707. The first kappa shape index (κ1) is 20.8. The highest BCUT2D eigenvalue weighted by molar-refractivity contribution is 6.04. The number of rotatable bonds is 4. The topological polar surface area (TPSA) is 65.9 Å². The zero-order valence-corrected chi connectivity index (χ0v) is 19.2.